The largest absolute Gasteiger partial charge is 0.478 e. The summed E-state index contributed by atoms with van der Waals surface area (Å²) in [6.45, 7) is 0. The summed E-state index contributed by atoms with van der Waals surface area (Å²) in [4.78, 5) is 46.8. The van der Waals surface area contributed by atoms with Crippen molar-refractivity contribution < 1.29 is 47.6 Å². The normalized spacial score (nSPS) is 12.5. The van der Waals surface area contributed by atoms with Crippen LogP contribution in [0.25, 0.3) is 0 Å². The summed E-state index contributed by atoms with van der Waals surface area (Å²) >= 11 is 0. The first kappa shape index (κ1) is 20.5. The molecular weight excluding hydrogens is 382 g/mol. The Morgan fingerprint density at radius 2 is 1.00 bits per heavy atom. The summed E-state index contributed by atoms with van der Waals surface area (Å²) in [5.41, 5.74) is -1.31. The number of carboxylic acid groups (broad SMARTS) is 2. The van der Waals surface area contributed by atoms with Crippen molar-refractivity contribution in [3.05, 3.63) is 71.3 Å². The maximum atomic E-state index is 13.6. The van der Waals surface area contributed by atoms with E-state index in [0.717, 1.165) is 24.3 Å². The van der Waals surface area contributed by atoms with E-state index in [1.807, 2.05) is 0 Å². The molecule has 2 atom stereocenters. The maximum absolute atomic E-state index is 13.6. The molecule has 2 unspecified atom stereocenters. The van der Waals surface area contributed by atoms with Crippen LogP contribution in [0.5, 0.6) is 0 Å². The molecular formula is C18H12F2O8. The van der Waals surface area contributed by atoms with E-state index in [1.165, 1.54) is 24.3 Å². The fourth-order valence-electron chi connectivity index (χ4n) is 2.09. The van der Waals surface area contributed by atoms with Gasteiger partial charge in [-0.2, -0.15) is 0 Å². The number of carboxylic acids is 2. The topological polar surface area (TPSA) is 127 Å². The van der Waals surface area contributed by atoms with Crippen LogP contribution in [0.1, 0.15) is 20.7 Å². The van der Waals surface area contributed by atoms with E-state index >= 15 is 0 Å². The fourth-order valence-corrected chi connectivity index (χ4v) is 2.09. The molecule has 0 fully saturated rings. The second-order valence-corrected chi connectivity index (χ2v) is 5.29. The minimum absolute atomic E-state index is 0.654. The van der Waals surface area contributed by atoms with Gasteiger partial charge in [0.05, 0.1) is 11.1 Å². The highest BCUT2D eigenvalue weighted by atomic mass is 19.1. The average molecular weight is 394 g/mol. The molecule has 0 saturated heterocycles. The zero-order valence-electron chi connectivity index (χ0n) is 13.9. The smallest absolute Gasteiger partial charge is 0.349 e. The summed E-state index contributed by atoms with van der Waals surface area (Å²) in [5.74, 6) is -8.99. The van der Waals surface area contributed by atoms with E-state index in [0.29, 0.717) is 0 Å². The Morgan fingerprint density at radius 1 is 0.679 bits per heavy atom. The van der Waals surface area contributed by atoms with E-state index in [-0.39, 0.29) is 0 Å². The third-order valence-electron chi connectivity index (χ3n) is 3.42. The van der Waals surface area contributed by atoms with Gasteiger partial charge in [0.25, 0.3) is 0 Å². The number of carbonyl (C=O) groups is 4. The molecule has 28 heavy (non-hydrogen) atoms. The highest BCUT2D eigenvalue weighted by Crippen LogP contribution is 2.16. The van der Waals surface area contributed by atoms with Crippen molar-refractivity contribution >= 4 is 23.9 Å². The van der Waals surface area contributed by atoms with Crippen molar-refractivity contribution in [2.75, 3.05) is 0 Å². The van der Waals surface area contributed by atoms with Crippen molar-refractivity contribution in [1.29, 1.82) is 0 Å². The predicted octanol–water partition coefficient (Wildman–Crippen LogP) is 1.88. The van der Waals surface area contributed by atoms with Crippen molar-refractivity contribution in [2.24, 2.45) is 0 Å². The van der Waals surface area contributed by atoms with Gasteiger partial charge in [-0.05, 0) is 24.3 Å². The number of hydrogen-bond acceptors (Lipinski definition) is 6. The summed E-state index contributed by atoms with van der Waals surface area (Å²) < 4.78 is 36.3. The third kappa shape index (κ3) is 4.67. The highest BCUT2D eigenvalue weighted by molar-refractivity contribution is 5.95. The number of benzene rings is 2. The average Bonchev–Trinajstić information content (AvgIpc) is 2.64. The Labute approximate surface area is 155 Å². The molecule has 2 aromatic carbocycles. The van der Waals surface area contributed by atoms with Crippen molar-refractivity contribution in [3.63, 3.8) is 0 Å². The number of carbonyl (C=O) groups excluding carboxylic acids is 2. The molecule has 0 spiro atoms. The molecule has 0 amide bonds. The van der Waals surface area contributed by atoms with E-state index in [4.69, 9.17) is 0 Å². The van der Waals surface area contributed by atoms with Crippen LogP contribution >= 0.6 is 0 Å². The summed E-state index contributed by atoms with van der Waals surface area (Å²) in [6, 6.07) is 8.83. The van der Waals surface area contributed by atoms with Crippen molar-refractivity contribution in [1.82, 2.24) is 0 Å². The Bertz CT molecular complexity index is 852. The molecule has 0 radical (unpaired) electrons. The van der Waals surface area contributed by atoms with E-state index in [1.54, 1.807) is 0 Å². The molecule has 10 heteroatoms. The van der Waals surface area contributed by atoms with Crippen LogP contribution in [0.2, 0.25) is 0 Å². The second kappa shape index (κ2) is 8.71. The molecule has 2 N–H and O–H groups in total. The third-order valence-corrected chi connectivity index (χ3v) is 3.42. The molecule has 0 aliphatic rings. The molecule has 0 aliphatic carbocycles. The van der Waals surface area contributed by atoms with E-state index < -0.39 is 58.8 Å². The Morgan fingerprint density at radius 3 is 1.29 bits per heavy atom. The minimum atomic E-state index is -2.51. The first-order chi connectivity index (χ1) is 13.2. The molecule has 0 aliphatic heterocycles. The van der Waals surface area contributed by atoms with Crippen LogP contribution < -0.4 is 0 Å². The summed E-state index contributed by atoms with van der Waals surface area (Å²) in [5, 5.41) is 18.4. The maximum Gasteiger partial charge on any atom is 0.349 e. The van der Waals surface area contributed by atoms with Crippen LogP contribution in [0.3, 0.4) is 0 Å². The number of aliphatic carboxylic acids is 2. The lowest BCUT2D eigenvalue weighted by molar-refractivity contribution is -0.166. The molecule has 146 valence electrons. The van der Waals surface area contributed by atoms with Gasteiger partial charge in [0.2, 0.25) is 12.2 Å². The van der Waals surface area contributed by atoms with Crippen LogP contribution in [0, 0.1) is 11.6 Å². The Kier molecular flexibility index (Phi) is 6.38. The van der Waals surface area contributed by atoms with Crippen LogP contribution in [0.15, 0.2) is 48.5 Å². The zero-order chi connectivity index (χ0) is 20.8. The highest BCUT2D eigenvalue weighted by Gasteiger charge is 2.41. The van der Waals surface area contributed by atoms with E-state index in [2.05, 4.69) is 9.47 Å². The quantitative estimate of drug-likeness (QED) is 0.682. The number of rotatable bonds is 7. The molecule has 0 aromatic heterocycles. The van der Waals surface area contributed by atoms with Gasteiger partial charge < -0.3 is 19.7 Å². The predicted molar refractivity (Wildman–Crippen MR) is 86.5 cm³/mol. The van der Waals surface area contributed by atoms with Crippen molar-refractivity contribution in [3.8, 4) is 0 Å². The summed E-state index contributed by atoms with van der Waals surface area (Å²) in [6.07, 6.45) is -5.03. The number of halogens is 2. The van der Waals surface area contributed by atoms with Gasteiger partial charge in [0.1, 0.15) is 11.6 Å². The van der Waals surface area contributed by atoms with Crippen LogP contribution in [-0.4, -0.2) is 46.3 Å². The molecule has 0 bridgehead atoms. The van der Waals surface area contributed by atoms with Gasteiger partial charge in [-0.1, -0.05) is 24.3 Å². The first-order valence-electron chi connectivity index (χ1n) is 7.59. The monoisotopic (exact) mass is 394 g/mol. The van der Waals surface area contributed by atoms with Crippen LogP contribution in [0.4, 0.5) is 8.78 Å². The molecule has 0 heterocycles. The van der Waals surface area contributed by atoms with Gasteiger partial charge in [0, 0.05) is 0 Å². The van der Waals surface area contributed by atoms with Crippen LogP contribution in [-0.2, 0) is 19.1 Å². The van der Waals surface area contributed by atoms with Gasteiger partial charge in [-0.15, -0.1) is 0 Å². The molecule has 2 rings (SSSR count). The minimum Gasteiger partial charge on any atom is -0.478 e. The lowest BCUT2D eigenvalue weighted by Crippen LogP contribution is -2.46. The molecule has 0 saturated carbocycles. The Balaban J connectivity index is 2.27. The van der Waals surface area contributed by atoms with Crippen molar-refractivity contribution in [2.45, 2.75) is 12.2 Å². The zero-order valence-corrected chi connectivity index (χ0v) is 13.9. The van der Waals surface area contributed by atoms with Gasteiger partial charge >= 0.3 is 23.9 Å². The number of hydrogen-bond donors (Lipinski definition) is 2. The van der Waals surface area contributed by atoms with E-state index in [9.17, 15) is 38.2 Å². The SMILES string of the molecule is O=C(OC(C(=O)O)C(OC(=O)c1ccccc1F)C(=O)O)c1ccccc1F. The number of esters is 2. The lowest BCUT2D eigenvalue weighted by Gasteiger charge is -2.21. The Hall–Kier alpha value is -3.82. The standard InChI is InChI=1S/C18H12F2O8/c19-11-7-3-1-5-9(11)17(25)27-13(15(21)22)14(16(23)24)28-18(26)10-6-2-4-8-12(10)20/h1-8,13-14H,(H,21,22)(H,23,24). The molecule has 8 nitrogen and oxygen atoms in total. The van der Waals surface area contributed by atoms with Gasteiger partial charge in [-0.3, -0.25) is 0 Å². The first-order valence-corrected chi connectivity index (χ1v) is 7.59. The second-order valence-electron chi connectivity index (χ2n) is 5.29. The summed E-state index contributed by atoms with van der Waals surface area (Å²) in [7, 11) is 0. The number of ether oxygens (including phenoxy) is 2. The lowest BCUT2D eigenvalue weighted by atomic mass is 10.1. The van der Waals surface area contributed by atoms with Gasteiger partial charge in [-0.25, -0.2) is 28.0 Å². The molecule has 2 aromatic rings. The van der Waals surface area contributed by atoms with Gasteiger partial charge in [0.15, 0.2) is 0 Å². The fraction of sp³-hybridized carbons (Fsp3) is 0.111.